The summed E-state index contributed by atoms with van der Waals surface area (Å²) in [6.07, 6.45) is 0. The van der Waals surface area contributed by atoms with Gasteiger partial charge in [0.05, 0.1) is 13.0 Å². The maximum Gasteiger partial charge on any atom is 0.314 e. The summed E-state index contributed by atoms with van der Waals surface area (Å²) < 4.78 is 4.89. The zero-order valence-electron chi connectivity index (χ0n) is 11.6. The van der Waals surface area contributed by atoms with Crippen LogP contribution >= 0.6 is 0 Å². The molecule has 2 aromatic rings. The van der Waals surface area contributed by atoms with Crippen LogP contribution in [0.4, 0.5) is 0 Å². The van der Waals surface area contributed by atoms with Gasteiger partial charge in [0, 0.05) is 13.1 Å². The molecule has 2 rings (SSSR count). The topological polar surface area (TPSA) is 38.3 Å². The summed E-state index contributed by atoms with van der Waals surface area (Å²) in [7, 11) is 1.43. The van der Waals surface area contributed by atoms with Crippen molar-refractivity contribution in [2.24, 2.45) is 0 Å². The molecule has 104 valence electrons. The highest BCUT2D eigenvalue weighted by molar-refractivity contribution is 5.78. The number of hydrogen-bond donors (Lipinski definition) is 1. The van der Waals surface area contributed by atoms with Crippen LogP contribution in [0.3, 0.4) is 0 Å². The Bertz CT molecular complexity index is 525. The molecule has 1 atom stereocenters. The van der Waals surface area contributed by atoms with Crippen LogP contribution in [0.15, 0.2) is 60.7 Å². The van der Waals surface area contributed by atoms with Crippen LogP contribution in [0.2, 0.25) is 0 Å². The van der Waals surface area contributed by atoms with Gasteiger partial charge in [-0.05, 0) is 11.1 Å². The van der Waals surface area contributed by atoms with Crippen molar-refractivity contribution < 1.29 is 9.53 Å². The molecule has 1 unspecified atom stereocenters. The Labute approximate surface area is 119 Å². The Hall–Kier alpha value is -2.13. The van der Waals surface area contributed by atoms with Crippen molar-refractivity contribution in [3.63, 3.8) is 0 Å². The average molecular weight is 269 g/mol. The lowest BCUT2D eigenvalue weighted by atomic mass is 9.99. The quantitative estimate of drug-likeness (QED) is 0.819. The number of methoxy groups -OCH3 is 1. The van der Waals surface area contributed by atoms with Gasteiger partial charge in [0.2, 0.25) is 0 Å². The molecular weight excluding hydrogens is 250 g/mol. The summed E-state index contributed by atoms with van der Waals surface area (Å²) in [6.45, 7) is 1.30. The lowest BCUT2D eigenvalue weighted by Crippen LogP contribution is -2.27. The molecule has 0 saturated carbocycles. The molecule has 20 heavy (non-hydrogen) atoms. The van der Waals surface area contributed by atoms with E-state index in [1.165, 1.54) is 12.7 Å². The number of ether oxygens (including phenoxy) is 1. The lowest BCUT2D eigenvalue weighted by molar-refractivity contribution is -0.142. The summed E-state index contributed by atoms with van der Waals surface area (Å²) >= 11 is 0. The molecule has 0 heterocycles. The van der Waals surface area contributed by atoms with Gasteiger partial charge in [0.25, 0.3) is 0 Å². The highest BCUT2D eigenvalue weighted by Crippen LogP contribution is 2.16. The third-order valence-electron chi connectivity index (χ3n) is 3.21. The van der Waals surface area contributed by atoms with Crippen molar-refractivity contribution in [3.05, 3.63) is 71.8 Å². The number of hydrogen-bond acceptors (Lipinski definition) is 3. The number of carbonyl (C=O) groups is 1. The van der Waals surface area contributed by atoms with Gasteiger partial charge in [0.1, 0.15) is 0 Å². The van der Waals surface area contributed by atoms with Crippen LogP contribution in [0, 0.1) is 0 Å². The minimum absolute atomic E-state index is 0.211. The first-order valence-corrected chi connectivity index (χ1v) is 6.68. The van der Waals surface area contributed by atoms with Crippen molar-refractivity contribution in [1.82, 2.24) is 5.32 Å². The van der Waals surface area contributed by atoms with Crippen LogP contribution in [0.1, 0.15) is 17.0 Å². The van der Waals surface area contributed by atoms with Crippen LogP contribution in [0.5, 0.6) is 0 Å². The summed E-state index contributed by atoms with van der Waals surface area (Å²) in [4.78, 5) is 11.9. The number of nitrogens with one attached hydrogen (secondary N) is 1. The van der Waals surface area contributed by atoms with Gasteiger partial charge in [-0.2, -0.15) is 0 Å². The number of carbonyl (C=O) groups excluding carboxylic acids is 1. The second-order valence-electron chi connectivity index (χ2n) is 4.60. The Balaban J connectivity index is 1.97. The first-order chi connectivity index (χ1) is 9.81. The van der Waals surface area contributed by atoms with Crippen LogP contribution in [0.25, 0.3) is 0 Å². The predicted molar refractivity (Wildman–Crippen MR) is 79.3 cm³/mol. The van der Waals surface area contributed by atoms with E-state index in [0.717, 1.165) is 12.1 Å². The molecule has 0 spiro atoms. The maximum absolute atomic E-state index is 11.9. The Morgan fingerprint density at radius 3 is 2.25 bits per heavy atom. The van der Waals surface area contributed by atoms with Crippen molar-refractivity contribution in [2.45, 2.75) is 12.5 Å². The molecular formula is C17H19NO2. The average Bonchev–Trinajstić information content (AvgIpc) is 2.53. The fraction of sp³-hybridized carbons (Fsp3) is 0.235. The predicted octanol–water partition coefficient (Wildman–Crippen LogP) is 2.73. The largest absolute Gasteiger partial charge is 0.469 e. The van der Waals surface area contributed by atoms with Gasteiger partial charge in [-0.3, -0.25) is 4.79 Å². The smallest absolute Gasteiger partial charge is 0.314 e. The fourth-order valence-electron chi connectivity index (χ4n) is 2.12. The van der Waals surface area contributed by atoms with E-state index in [0.29, 0.717) is 6.54 Å². The Kier molecular flexibility index (Phi) is 5.33. The molecule has 0 aliphatic carbocycles. The van der Waals surface area contributed by atoms with Crippen molar-refractivity contribution in [2.75, 3.05) is 13.7 Å². The number of rotatable bonds is 6. The molecule has 0 aromatic heterocycles. The summed E-state index contributed by atoms with van der Waals surface area (Å²) in [5, 5.41) is 3.31. The second-order valence-corrected chi connectivity index (χ2v) is 4.60. The molecule has 3 heteroatoms. The van der Waals surface area contributed by atoms with Crippen LogP contribution < -0.4 is 5.32 Å². The monoisotopic (exact) mass is 269 g/mol. The number of esters is 1. The molecule has 0 radical (unpaired) electrons. The molecule has 0 aliphatic heterocycles. The molecule has 2 aromatic carbocycles. The standard InChI is InChI=1S/C17H19NO2/c1-20-17(19)16(15-10-6-3-7-11-15)13-18-12-14-8-4-2-5-9-14/h2-11,16,18H,12-13H2,1H3. The van der Waals surface area contributed by atoms with Crippen LogP contribution in [-0.2, 0) is 16.1 Å². The van der Waals surface area contributed by atoms with E-state index in [1.54, 1.807) is 0 Å². The lowest BCUT2D eigenvalue weighted by Gasteiger charge is -2.16. The van der Waals surface area contributed by atoms with E-state index < -0.39 is 0 Å². The summed E-state index contributed by atoms with van der Waals surface area (Å²) in [5.74, 6) is -0.485. The highest BCUT2D eigenvalue weighted by Gasteiger charge is 2.20. The van der Waals surface area contributed by atoms with Gasteiger partial charge in [-0.1, -0.05) is 60.7 Å². The third kappa shape index (κ3) is 3.93. The van der Waals surface area contributed by atoms with Gasteiger partial charge in [-0.25, -0.2) is 0 Å². The van der Waals surface area contributed by atoms with Gasteiger partial charge in [0.15, 0.2) is 0 Å². The maximum atomic E-state index is 11.9. The van der Waals surface area contributed by atoms with Gasteiger partial charge >= 0.3 is 5.97 Å². The van der Waals surface area contributed by atoms with Gasteiger partial charge in [-0.15, -0.1) is 0 Å². The SMILES string of the molecule is COC(=O)C(CNCc1ccccc1)c1ccccc1. The molecule has 0 saturated heterocycles. The number of benzene rings is 2. The first-order valence-electron chi connectivity index (χ1n) is 6.68. The minimum atomic E-state index is -0.273. The fourth-order valence-corrected chi connectivity index (χ4v) is 2.12. The first kappa shape index (κ1) is 14.3. The Morgan fingerprint density at radius 1 is 1.05 bits per heavy atom. The van der Waals surface area contributed by atoms with Crippen molar-refractivity contribution in [3.8, 4) is 0 Å². The van der Waals surface area contributed by atoms with E-state index in [-0.39, 0.29) is 11.9 Å². The second kappa shape index (κ2) is 7.46. The van der Waals surface area contributed by atoms with E-state index in [2.05, 4.69) is 17.4 Å². The van der Waals surface area contributed by atoms with Crippen molar-refractivity contribution in [1.29, 1.82) is 0 Å². The minimum Gasteiger partial charge on any atom is -0.469 e. The Morgan fingerprint density at radius 2 is 1.65 bits per heavy atom. The molecule has 0 fully saturated rings. The van der Waals surface area contributed by atoms with Crippen molar-refractivity contribution >= 4 is 5.97 Å². The van der Waals surface area contributed by atoms with Crippen LogP contribution in [-0.4, -0.2) is 19.6 Å². The molecule has 0 bridgehead atoms. The summed E-state index contributed by atoms with van der Waals surface area (Å²) in [6, 6.07) is 19.8. The van der Waals surface area contributed by atoms with E-state index >= 15 is 0 Å². The molecule has 1 N–H and O–H groups in total. The zero-order chi connectivity index (χ0) is 14.2. The zero-order valence-corrected chi connectivity index (χ0v) is 11.6. The van der Waals surface area contributed by atoms with E-state index in [9.17, 15) is 4.79 Å². The van der Waals surface area contributed by atoms with Gasteiger partial charge < -0.3 is 10.1 Å². The molecule has 0 amide bonds. The normalized spacial score (nSPS) is 11.8. The highest BCUT2D eigenvalue weighted by atomic mass is 16.5. The molecule has 0 aliphatic rings. The third-order valence-corrected chi connectivity index (χ3v) is 3.21. The van der Waals surface area contributed by atoms with E-state index in [1.807, 2.05) is 48.5 Å². The van der Waals surface area contributed by atoms with E-state index in [4.69, 9.17) is 4.74 Å². The summed E-state index contributed by atoms with van der Waals surface area (Å²) in [5.41, 5.74) is 2.17. The molecule has 3 nitrogen and oxygen atoms in total.